The van der Waals surface area contributed by atoms with Gasteiger partial charge in [0.1, 0.15) is 0 Å². The second-order valence-corrected chi connectivity index (χ2v) is 7.84. The topological polar surface area (TPSA) is 116 Å². The van der Waals surface area contributed by atoms with Crippen LogP contribution in [-0.4, -0.2) is 40.3 Å². The summed E-state index contributed by atoms with van der Waals surface area (Å²) >= 11 is 0. The van der Waals surface area contributed by atoms with Crippen LogP contribution in [0.2, 0.25) is 0 Å². The van der Waals surface area contributed by atoms with Crippen molar-refractivity contribution in [3.63, 3.8) is 0 Å². The highest BCUT2D eigenvalue weighted by Crippen LogP contribution is 2.39. The maximum absolute atomic E-state index is 12.1. The molecule has 1 fully saturated rings. The molecule has 0 spiro atoms. The number of carbonyl (C=O) groups is 2. The molecule has 4 N–H and O–H groups in total. The quantitative estimate of drug-likeness (QED) is 0.562. The van der Waals surface area contributed by atoms with Gasteiger partial charge in [0.15, 0.2) is 0 Å². The Morgan fingerprint density at radius 2 is 1.96 bits per heavy atom. The molecule has 2 atom stereocenters. The second-order valence-electron chi connectivity index (χ2n) is 6.14. The second kappa shape index (κ2) is 8.53. The van der Waals surface area contributed by atoms with E-state index in [4.69, 9.17) is 9.79 Å². The van der Waals surface area contributed by atoms with Crippen molar-refractivity contribution in [1.29, 1.82) is 0 Å². The van der Waals surface area contributed by atoms with Gasteiger partial charge in [0.2, 0.25) is 11.8 Å². The molecule has 0 saturated carbocycles. The molecule has 1 aliphatic heterocycles. The zero-order chi connectivity index (χ0) is 17.6. The molecule has 2 rings (SSSR count). The molecule has 0 aliphatic carbocycles. The van der Waals surface area contributed by atoms with Gasteiger partial charge in [-0.05, 0) is 37.3 Å². The fourth-order valence-corrected chi connectivity index (χ4v) is 3.89. The molecule has 2 amide bonds. The van der Waals surface area contributed by atoms with E-state index in [0.717, 1.165) is 5.56 Å². The van der Waals surface area contributed by atoms with E-state index < -0.39 is 19.5 Å². The number of nitrogens with one attached hydrogen (secondary N) is 2. The lowest BCUT2D eigenvalue weighted by molar-refractivity contribution is -0.132. The molecule has 0 aromatic heterocycles. The van der Waals surface area contributed by atoms with Crippen molar-refractivity contribution in [3.8, 4) is 0 Å². The van der Waals surface area contributed by atoms with Crippen molar-refractivity contribution in [2.75, 3.05) is 12.7 Å². The zero-order valence-corrected chi connectivity index (χ0v) is 14.2. The molecule has 1 aliphatic rings. The minimum Gasteiger partial charge on any atom is -0.324 e. The standard InChI is InChI=1S/C16H23N2O5P/c19-15(7-6-12-4-2-1-3-5-12)18-16(20)14-10-13(8-9-17-14)11-24(21,22)23/h1-5,13-14,17H,6-11H2,(H,18,19,20)(H2,21,22,23)/t13-,14+/m1/s1. The molecule has 0 unspecified atom stereocenters. The number of imide groups is 1. The van der Waals surface area contributed by atoms with Crippen LogP contribution < -0.4 is 10.6 Å². The van der Waals surface area contributed by atoms with Gasteiger partial charge in [-0.2, -0.15) is 0 Å². The first-order chi connectivity index (χ1) is 11.3. The lowest BCUT2D eigenvalue weighted by Crippen LogP contribution is -2.50. The lowest BCUT2D eigenvalue weighted by atomic mass is 9.93. The fourth-order valence-electron chi connectivity index (χ4n) is 2.89. The van der Waals surface area contributed by atoms with Crippen LogP contribution in [0.1, 0.15) is 24.8 Å². The van der Waals surface area contributed by atoms with Crippen molar-refractivity contribution in [2.24, 2.45) is 5.92 Å². The van der Waals surface area contributed by atoms with E-state index in [1.54, 1.807) is 0 Å². The number of benzene rings is 1. The predicted octanol–water partition coefficient (Wildman–Crippen LogP) is 0.808. The van der Waals surface area contributed by atoms with E-state index in [-0.39, 0.29) is 24.4 Å². The monoisotopic (exact) mass is 354 g/mol. The third-order valence-corrected chi connectivity index (χ3v) is 5.06. The van der Waals surface area contributed by atoms with Gasteiger partial charge in [0.05, 0.1) is 12.2 Å². The van der Waals surface area contributed by atoms with Gasteiger partial charge < -0.3 is 15.1 Å². The highest BCUT2D eigenvalue weighted by Gasteiger charge is 2.31. The summed E-state index contributed by atoms with van der Waals surface area (Å²) in [6, 6.07) is 8.94. The van der Waals surface area contributed by atoms with Crippen molar-refractivity contribution in [1.82, 2.24) is 10.6 Å². The molecule has 132 valence electrons. The molecule has 24 heavy (non-hydrogen) atoms. The van der Waals surface area contributed by atoms with E-state index in [2.05, 4.69) is 10.6 Å². The van der Waals surface area contributed by atoms with E-state index >= 15 is 0 Å². The molecule has 1 aromatic carbocycles. The number of piperidine rings is 1. The average molecular weight is 354 g/mol. The minimum atomic E-state index is -4.09. The smallest absolute Gasteiger partial charge is 0.324 e. The largest absolute Gasteiger partial charge is 0.325 e. The molecule has 1 heterocycles. The predicted molar refractivity (Wildman–Crippen MR) is 89.3 cm³/mol. The Labute approximate surface area is 141 Å². The van der Waals surface area contributed by atoms with E-state index in [1.807, 2.05) is 30.3 Å². The third kappa shape index (κ3) is 6.53. The van der Waals surface area contributed by atoms with Crippen LogP contribution in [0.4, 0.5) is 0 Å². The maximum Gasteiger partial charge on any atom is 0.325 e. The summed E-state index contributed by atoms with van der Waals surface area (Å²) in [5.41, 5.74) is 1.03. The first-order valence-corrected chi connectivity index (χ1v) is 9.79. The Bertz CT molecular complexity index is 616. The first kappa shape index (κ1) is 18.8. The van der Waals surface area contributed by atoms with Gasteiger partial charge in [-0.25, -0.2) is 0 Å². The Kier molecular flexibility index (Phi) is 6.69. The Morgan fingerprint density at radius 3 is 2.62 bits per heavy atom. The van der Waals surface area contributed by atoms with Crippen molar-refractivity contribution in [3.05, 3.63) is 35.9 Å². The van der Waals surface area contributed by atoms with Crippen LogP contribution in [0.3, 0.4) is 0 Å². The summed E-state index contributed by atoms with van der Waals surface area (Å²) in [5.74, 6) is -0.992. The Hall–Kier alpha value is -1.53. The zero-order valence-electron chi connectivity index (χ0n) is 13.4. The van der Waals surface area contributed by atoms with Crippen molar-refractivity contribution in [2.45, 2.75) is 31.7 Å². The van der Waals surface area contributed by atoms with Crippen LogP contribution in [0.25, 0.3) is 0 Å². The molecule has 0 bridgehead atoms. The average Bonchev–Trinajstić information content (AvgIpc) is 2.52. The van der Waals surface area contributed by atoms with Crippen LogP contribution in [0.15, 0.2) is 30.3 Å². The summed E-state index contributed by atoms with van der Waals surface area (Å²) in [6.07, 6.45) is 1.48. The number of carbonyl (C=O) groups excluding carboxylic acids is 2. The van der Waals surface area contributed by atoms with Crippen LogP contribution in [0.5, 0.6) is 0 Å². The number of hydrogen-bond donors (Lipinski definition) is 4. The molecular weight excluding hydrogens is 331 g/mol. The van der Waals surface area contributed by atoms with Crippen molar-refractivity contribution < 1.29 is 23.9 Å². The molecule has 7 nitrogen and oxygen atoms in total. The number of hydrogen-bond acceptors (Lipinski definition) is 4. The molecule has 8 heteroatoms. The van der Waals surface area contributed by atoms with Gasteiger partial charge >= 0.3 is 7.60 Å². The van der Waals surface area contributed by atoms with Gasteiger partial charge in [0.25, 0.3) is 0 Å². The van der Waals surface area contributed by atoms with Crippen LogP contribution in [-0.2, 0) is 20.6 Å². The highest BCUT2D eigenvalue weighted by atomic mass is 31.2. The minimum absolute atomic E-state index is 0.217. The van der Waals surface area contributed by atoms with Crippen LogP contribution in [0, 0.1) is 5.92 Å². The van der Waals surface area contributed by atoms with Gasteiger partial charge in [-0.1, -0.05) is 30.3 Å². The maximum atomic E-state index is 12.1. The summed E-state index contributed by atoms with van der Waals surface area (Å²) in [6.45, 7) is 0.501. The molecule has 1 saturated heterocycles. The summed E-state index contributed by atoms with van der Waals surface area (Å²) in [7, 11) is -4.09. The van der Waals surface area contributed by atoms with Gasteiger partial charge in [0, 0.05) is 6.42 Å². The Morgan fingerprint density at radius 1 is 1.25 bits per heavy atom. The number of aryl methyl sites for hydroxylation is 1. The fraction of sp³-hybridized carbons (Fsp3) is 0.500. The normalized spacial score (nSPS) is 21.2. The number of amides is 2. The third-order valence-electron chi connectivity index (χ3n) is 4.07. The molecular formula is C16H23N2O5P. The first-order valence-electron chi connectivity index (χ1n) is 7.99. The number of rotatable bonds is 6. The summed E-state index contributed by atoms with van der Waals surface area (Å²) < 4.78 is 11.1. The summed E-state index contributed by atoms with van der Waals surface area (Å²) in [4.78, 5) is 42.1. The van der Waals surface area contributed by atoms with Crippen molar-refractivity contribution >= 4 is 19.4 Å². The lowest BCUT2D eigenvalue weighted by Gasteiger charge is -2.29. The SMILES string of the molecule is O=C(CCc1ccccc1)NC(=O)[C@@H]1C[C@H](CP(=O)(O)O)CCN1. The van der Waals surface area contributed by atoms with Gasteiger partial charge in [-0.3, -0.25) is 19.5 Å². The van der Waals surface area contributed by atoms with E-state index in [0.29, 0.717) is 25.8 Å². The van der Waals surface area contributed by atoms with E-state index in [9.17, 15) is 14.2 Å². The van der Waals surface area contributed by atoms with E-state index in [1.165, 1.54) is 0 Å². The molecule has 1 aromatic rings. The highest BCUT2D eigenvalue weighted by molar-refractivity contribution is 7.51. The molecule has 0 radical (unpaired) electrons. The van der Waals surface area contributed by atoms with Crippen LogP contribution >= 0.6 is 7.60 Å². The Balaban J connectivity index is 1.78. The summed E-state index contributed by atoms with van der Waals surface area (Å²) in [5, 5.41) is 5.37. The van der Waals surface area contributed by atoms with Gasteiger partial charge in [-0.15, -0.1) is 0 Å².